The summed E-state index contributed by atoms with van der Waals surface area (Å²) in [6.07, 6.45) is 1.52. The normalized spacial score (nSPS) is 11.4. The molecule has 3 aromatic carbocycles. The molecule has 0 atom stereocenters. The molecule has 0 aliphatic carbocycles. The van der Waals surface area contributed by atoms with E-state index in [9.17, 15) is 14.9 Å². The molecule has 5 aromatic rings. The Labute approximate surface area is 220 Å². The highest BCUT2D eigenvalue weighted by molar-refractivity contribution is 9.10. The van der Waals surface area contributed by atoms with Gasteiger partial charge in [-0.15, -0.1) is 0 Å². The van der Waals surface area contributed by atoms with E-state index in [-0.39, 0.29) is 0 Å². The molecule has 0 radical (unpaired) electrons. The van der Waals surface area contributed by atoms with Crippen LogP contribution in [0.4, 0.5) is 16.2 Å². The number of benzene rings is 3. The van der Waals surface area contributed by atoms with Crippen LogP contribution in [0.25, 0.3) is 21.9 Å². The van der Waals surface area contributed by atoms with E-state index in [0.29, 0.717) is 33.7 Å². The minimum atomic E-state index is -0.692. The minimum absolute atomic E-state index is 0.362. The number of nitrogens with one attached hydrogen (secondary N) is 1. The monoisotopic (exact) mass is 555 g/mol. The molecule has 0 unspecified atom stereocenters. The number of H-pyrrole nitrogens is 1. The first-order valence-corrected chi connectivity index (χ1v) is 12.2. The highest BCUT2D eigenvalue weighted by atomic mass is 79.9. The lowest BCUT2D eigenvalue weighted by Gasteiger charge is -2.24. The van der Waals surface area contributed by atoms with Crippen molar-refractivity contribution in [1.29, 1.82) is 5.26 Å². The predicted molar refractivity (Wildman–Crippen MR) is 147 cm³/mol. The molecule has 1 amide bonds. The number of nitrogens with zero attached hydrogens (tertiary/aromatic N) is 4. The van der Waals surface area contributed by atoms with Gasteiger partial charge in [-0.1, -0.05) is 28.1 Å². The summed E-state index contributed by atoms with van der Waals surface area (Å²) >= 11 is 3.46. The number of amides is 1. The number of hydrogen-bond donors (Lipinski definition) is 1. The van der Waals surface area contributed by atoms with E-state index in [1.165, 1.54) is 11.1 Å². The van der Waals surface area contributed by atoms with Crippen LogP contribution < -0.4 is 15.3 Å². The number of hydrogen-bond acceptors (Lipinski definition) is 5. The molecule has 0 fully saturated rings. The van der Waals surface area contributed by atoms with Gasteiger partial charge in [0.25, 0.3) is 0 Å². The van der Waals surface area contributed by atoms with Gasteiger partial charge in [0.1, 0.15) is 5.75 Å². The number of aromatic amines is 1. The number of pyridine rings is 1. The molecule has 184 valence electrons. The van der Waals surface area contributed by atoms with Crippen molar-refractivity contribution in [2.45, 2.75) is 19.3 Å². The molecule has 37 heavy (non-hydrogen) atoms. The average Bonchev–Trinajstić information content (AvgIpc) is 3.25. The number of anilines is 2. The van der Waals surface area contributed by atoms with Crippen LogP contribution in [0, 0.1) is 11.3 Å². The van der Waals surface area contributed by atoms with Crippen LogP contribution in [0.1, 0.15) is 19.4 Å². The number of carbonyl (C=O) groups is 1. The highest BCUT2D eigenvalue weighted by Crippen LogP contribution is 2.32. The largest absolute Gasteiger partial charge is 0.497 e. The number of nitriles is 1. The lowest BCUT2D eigenvalue weighted by molar-refractivity contribution is 0.250. The van der Waals surface area contributed by atoms with Crippen LogP contribution in [0.2, 0.25) is 0 Å². The number of methoxy groups -OCH3 is 1. The second kappa shape index (κ2) is 9.22. The zero-order valence-corrected chi connectivity index (χ0v) is 21.9. The van der Waals surface area contributed by atoms with E-state index in [0.717, 1.165) is 20.0 Å². The highest BCUT2D eigenvalue weighted by Gasteiger charge is 2.26. The number of halogens is 1. The van der Waals surface area contributed by atoms with Crippen molar-refractivity contribution < 1.29 is 9.53 Å². The molecule has 0 bridgehead atoms. The van der Waals surface area contributed by atoms with E-state index in [2.05, 4.69) is 32.0 Å². The molecule has 0 saturated heterocycles. The van der Waals surface area contributed by atoms with Gasteiger partial charge in [-0.3, -0.25) is 9.88 Å². The molecule has 5 rings (SSSR count). The van der Waals surface area contributed by atoms with Crippen LogP contribution in [0.3, 0.4) is 0 Å². The third-order valence-corrected chi connectivity index (χ3v) is 6.82. The summed E-state index contributed by atoms with van der Waals surface area (Å²) in [4.78, 5) is 36.0. The maximum absolute atomic E-state index is 14.1. The van der Waals surface area contributed by atoms with E-state index in [4.69, 9.17) is 4.74 Å². The topological polar surface area (TPSA) is 104 Å². The Morgan fingerprint density at radius 3 is 2.35 bits per heavy atom. The molecule has 2 aromatic heterocycles. The first-order valence-electron chi connectivity index (χ1n) is 11.4. The van der Waals surface area contributed by atoms with E-state index in [1.807, 2.05) is 44.2 Å². The Kier molecular flexibility index (Phi) is 6.05. The molecule has 9 heteroatoms. The Hall–Kier alpha value is -4.42. The first kappa shape index (κ1) is 24.3. The van der Waals surface area contributed by atoms with Crippen molar-refractivity contribution in [2.75, 3.05) is 12.0 Å². The van der Waals surface area contributed by atoms with Gasteiger partial charge in [0, 0.05) is 9.86 Å². The zero-order chi connectivity index (χ0) is 26.3. The fraction of sp³-hybridized carbons (Fsp3) is 0.143. The summed E-state index contributed by atoms with van der Waals surface area (Å²) in [7, 11) is 1.56. The Morgan fingerprint density at radius 2 is 1.73 bits per heavy atom. The van der Waals surface area contributed by atoms with Gasteiger partial charge in [0.15, 0.2) is 0 Å². The van der Waals surface area contributed by atoms with Crippen LogP contribution in [-0.4, -0.2) is 27.7 Å². The van der Waals surface area contributed by atoms with Gasteiger partial charge in [0.05, 0.1) is 52.7 Å². The first-order chi connectivity index (χ1) is 17.7. The average molecular weight is 556 g/mol. The summed E-state index contributed by atoms with van der Waals surface area (Å²) in [5.74, 6) is 0.632. The van der Waals surface area contributed by atoms with Crippen molar-refractivity contribution in [3.8, 4) is 11.8 Å². The summed E-state index contributed by atoms with van der Waals surface area (Å²) in [5.41, 5.74) is 2.19. The van der Waals surface area contributed by atoms with Crippen LogP contribution >= 0.6 is 15.9 Å². The van der Waals surface area contributed by atoms with Gasteiger partial charge in [-0.25, -0.2) is 14.2 Å². The van der Waals surface area contributed by atoms with Crippen molar-refractivity contribution in [1.82, 2.24) is 14.5 Å². The number of fused-ring (bicyclic) bond motifs is 3. The van der Waals surface area contributed by atoms with Crippen molar-refractivity contribution in [2.24, 2.45) is 0 Å². The molecular formula is C28H22BrN5O3. The molecule has 2 heterocycles. The van der Waals surface area contributed by atoms with Crippen molar-refractivity contribution in [3.63, 3.8) is 0 Å². The third-order valence-electron chi connectivity index (χ3n) is 6.33. The molecule has 0 aliphatic rings. The fourth-order valence-electron chi connectivity index (χ4n) is 4.21. The van der Waals surface area contributed by atoms with E-state index in [1.54, 1.807) is 43.5 Å². The molecular weight excluding hydrogens is 534 g/mol. The fourth-order valence-corrected chi connectivity index (χ4v) is 4.57. The zero-order valence-electron chi connectivity index (χ0n) is 20.3. The van der Waals surface area contributed by atoms with Gasteiger partial charge in [-0.2, -0.15) is 5.26 Å². The molecule has 8 nitrogen and oxygen atoms in total. The molecule has 0 aliphatic heterocycles. The summed E-state index contributed by atoms with van der Waals surface area (Å²) in [5, 5.41) is 10.2. The Bertz CT molecular complexity index is 1750. The predicted octanol–water partition coefficient (Wildman–Crippen LogP) is 6.26. The molecule has 0 spiro atoms. The minimum Gasteiger partial charge on any atom is -0.497 e. The van der Waals surface area contributed by atoms with Gasteiger partial charge in [-0.05, 0) is 74.0 Å². The molecule has 0 saturated carbocycles. The standard InChI is InChI=1S/C28H22BrN5O3/c1-28(2,16-30)17-4-7-19(8-5-17)33(20-9-11-21(37-3)12-10-20)27(36)34-24-15-31-23-13-6-18(29)14-22(23)25(24)32-26(34)35/h4-15H,1-3H3,(H,32,35). The van der Waals surface area contributed by atoms with Gasteiger partial charge in [0.2, 0.25) is 0 Å². The summed E-state index contributed by atoms with van der Waals surface area (Å²) in [6, 6.07) is 21.4. The lowest BCUT2D eigenvalue weighted by atomic mass is 9.86. The summed E-state index contributed by atoms with van der Waals surface area (Å²) < 4.78 is 7.19. The molecule has 1 N–H and O–H groups in total. The summed E-state index contributed by atoms with van der Waals surface area (Å²) in [6.45, 7) is 3.66. The number of ether oxygens (including phenoxy) is 1. The second-order valence-corrected chi connectivity index (χ2v) is 9.96. The second-order valence-electron chi connectivity index (χ2n) is 9.05. The maximum atomic E-state index is 14.1. The maximum Gasteiger partial charge on any atom is 0.342 e. The quantitative estimate of drug-likeness (QED) is 0.282. The Morgan fingerprint density at radius 1 is 1.08 bits per heavy atom. The van der Waals surface area contributed by atoms with E-state index < -0.39 is 17.1 Å². The lowest BCUT2D eigenvalue weighted by Crippen LogP contribution is -2.36. The smallest absolute Gasteiger partial charge is 0.342 e. The number of carbonyl (C=O) groups excluding carboxylic acids is 1. The third kappa shape index (κ3) is 4.26. The van der Waals surface area contributed by atoms with Crippen molar-refractivity contribution >= 4 is 55.3 Å². The number of aromatic nitrogens is 3. The Balaban J connectivity index is 1.69. The van der Waals surface area contributed by atoms with Crippen LogP contribution in [0.15, 0.2) is 82.2 Å². The number of rotatable bonds is 4. The van der Waals surface area contributed by atoms with Gasteiger partial charge >= 0.3 is 11.7 Å². The van der Waals surface area contributed by atoms with Crippen LogP contribution in [-0.2, 0) is 5.41 Å². The number of imidazole rings is 1. The van der Waals surface area contributed by atoms with Gasteiger partial charge < -0.3 is 9.72 Å². The SMILES string of the molecule is COc1ccc(N(C(=O)n2c(=O)[nH]c3c4cc(Br)ccc4ncc32)c2ccc(C(C)(C)C#N)cc2)cc1. The van der Waals surface area contributed by atoms with E-state index >= 15 is 0 Å². The van der Waals surface area contributed by atoms with Crippen LogP contribution in [0.5, 0.6) is 5.75 Å². The van der Waals surface area contributed by atoms with Crippen molar-refractivity contribution in [3.05, 3.63) is 93.4 Å².